The highest BCUT2D eigenvalue weighted by atomic mass is 16.5. The molecule has 1 aliphatic carbocycles. The number of rotatable bonds is 7. The van der Waals surface area contributed by atoms with E-state index in [0.29, 0.717) is 31.0 Å². The van der Waals surface area contributed by atoms with E-state index in [-0.39, 0.29) is 12.1 Å². The van der Waals surface area contributed by atoms with Gasteiger partial charge in [-0.25, -0.2) is 4.79 Å². The molecule has 3 atom stereocenters. The molecule has 0 unspecified atom stereocenters. The summed E-state index contributed by atoms with van der Waals surface area (Å²) in [4.78, 5) is 18.8. The largest absolute Gasteiger partial charge is 0.383 e. The molecule has 2 amide bonds. The number of hydrogen-bond donors (Lipinski definition) is 2. The molecule has 3 rings (SSSR count). The lowest BCUT2D eigenvalue weighted by Crippen LogP contribution is -2.46. The van der Waals surface area contributed by atoms with Crippen LogP contribution in [0.25, 0.3) is 0 Å². The van der Waals surface area contributed by atoms with Crippen LogP contribution in [0.15, 0.2) is 24.5 Å². The summed E-state index contributed by atoms with van der Waals surface area (Å²) in [6.07, 6.45) is 7.18. The van der Waals surface area contributed by atoms with Crippen LogP contribution in [-0.2, 0) is 4.74 Å². The molecule has 6 heteroatoms. The lowest BCUT2D eigenvalue weighted by atomic mass is 9.95. The first-order valence-electron chi connectivity index (χ1n) is 8.82. The van der Waals surface area contributed by atoms with E-state index in [1.54, 1.807) is 13.3 Å². The quantitative estimate of drug-likeness (QED) is 0.799. The number of amides is 2. The van der Waals surface area contributed by atoms with Gasteiger partial charge in [-0.15, -0.1) is 0 Å². The summed E-state index contributed by atoms with van der Waals surface area (Å²) in [5, 5.41) is 6.13. The minimum atomic E-state index is -0.0801. The molecule has 6 nitrogen and oxygen atoms in total. The zero-order valence-corrected chi connectivity index (χ0v) is 14.6. The van der Waals surface area contributed by atoms with Gasteiger partial charge in [0.1, 0.15) is 0 Å². The summed E-state index contributed by atoms with van der Waals surface area (Å²) < 4.78 is 5.22. The first-order valence-corrected chi connectivity index (χ1v) is 8.82. The number of methoxy groups -OCH3 is 1. The molecule has 0 radical (unpaired) electrons. The Kier molecular flexibility index (Phi) is 5.68. The number of urea groups is 1. The number of carbonyl (C=O) groups excluding carboxylic acids is 1. The van der Waals surface area contributed by atoms with E-state index in [9.17, 15) is 4.79 Å². The molecule has 1 aromatic rings. The average Bonchev–Trinajstić information content (AvgIpc) is 3.37. The molecule has 1 aromatic heterocycles. The van der Waals surface area contributed by atoms with E-state index in [1.807, 2.05) is 12.3 Å². The number of aromatic nitrogens is 1. The van der Waals surface area contributed by atoms with E-state index in [2.05, 4.69) is 33.6 Å². The van der Waals surface area contributed by atoms with Crippen molar-refractivity contribution in [3.05, 3.63) is 30.1 Å². The van der Waals surface area contributed by atoms with E-state index in [4.69, 9.17) is 4.74 Å². The number of nitrogens with one attached hydrogen (secondary N) is 2. The van der Waals surface area contributed by atoms with Gasteiger partial charge < -0.3 is 15.4 Å². The minimum absolute atomic E-state index is 0.0801. The second kappa shape index (κ2) is 7.94. The van der Waals surface area contributed by atoms with Gasteiger partial charge in [-0.05, 0) is 56.3 Å². The maximum atomic E-state index is 12.2. The maximum absolute atomic E-state index is 12.2. The number of pyridine rings is 1. The lowest BCUT2D eigenvalue weighted by molar-refractivity contribution is 0.157. The van der Waals surface area contributed by atoms with Crippen molar-refractivity contribution in [2.75, 3.05) is 33.9 Å². The Morgan fingerprint density at radius 3 is 2.96 bits per heavy atom. The molecule has 132 valence electrons. The molecule has 1 saturated carbocycles. The summed E-state index contributed by atoms with van der Waals surface area (Å²) >= 11 is 0. The first kappa shape index (κ1) is 17.2. The summed E-state index contributed by atoms with van der Waals surface area (Å²) in [5.74, 6) is 0.989. The van der Waals surface area contributed by atoms with Gasteiger partial charge in [-0.3, -0.25) is 9.88 Å². The molecule has 0 aromatic carbocycles. The van der Waals surface area contributed by atoms with Crippen molar-refractivity contribution in [3.8, 4) is 0 Å². The fourth-order valence-corrected chi connectivity index (χ4v) is 3.73. The zero-order valence-electron chi connectivity index (χ0n) is 14.6. The van der Waals surface area contributed by atoms with Crippen molar-refractivity contribution < 1.29 is 9.53 Å². The van der Waals surface area contributed by atoms with Crippen LogP contribution in [0.2, 0.25) is 0 Å². The fourth-order valence-electron chi connectivity index (χ4n) is 3.73. The molecule has 2 fully saturated rings. The van der Waals surface area contributed by atoms with Gasteiger partial charge in [-0.1, -0.05) is 6.07 Å². The van der Waals surface area contributed by atoms with Gasteiger partial charge >= 0.3 is 6.03 Å². The summed E-state index contributed by atoms with van der Waals surface area (Å²) in [6.45, 7) is 2.31. The van der Waals surface area contributed by atoms with E-state index < -0.39 is 0 Å². The molecular weight excluding hydrogens is 304 g/mol. The van der Waals surface area contributed by atoms with Gasteiger partial charge in [0.25, 0.3) is 0 Å². The third-order valence-corrected chi connectivity index (χ3v) is 5.18. The topological polar surface area (TPSA) is 66.5 Å². The normalized spacial score (nSPS) is 25.4. The molecule has 2 heterocycles. The molecule has 2 N–H and O–H groups in total. The van der Waals surface area contributed by atoms with Crippen molar-refractivity contribution in [2.24, 2.45) is 11.8 Å². The standard InChI is InChI=1S/C18H28N4O2/c1-22-9-7-15(17(22)14-4-3-8-19-10-14)11-20-18(23)21-16(12-24-2)13-5-6-13/h3-4,8,10,13,15-17H,5-7,9,11-12H2,1-2H3,(H2,20,21,23)/t15-,16+,17-/m0/s1. The molecule has 0 bridgehead atoms. The number of ether oxygens (including phenoxy) is 1. The van der Waals surface area contributed by atoms with Crippen LogP contribution >= 0.6 is 0 Å². The Morgan fingerprint density at radius 2 is 2.29 bits per heavy atom. The Balaban J connectivity index is 1.52. The highest BCUT2D eigenvalue weighted by Gasteiger charge is 2.34. The van der Waals surface area contributed by atoms with Crippen LogP contribution in [0.1, 0.15) is 30.9 Å². The van der Waals surface area contributed by atoms with Crippen LogP contribution in [0.5, 0.6) is 0 Å². The van der Waals surface area contributed by atoms with Gasteiger partial charge in [-0.2, -0.15) is 0 Å². The Labute approximate surface area is 144 Å². The van der Waals surface area contributed by atoms with Crippen LogP contribution in [0, 0.1) is 11.8 Å². The van der Waals surface area contributed by atoms with Crippen molar-refractivity contribution in [1.29, 1.82) is 0 Å². The van der Waals surface area contributed by atoms with Crippen molar-refractivity contribution in [3.63, 3.8) is 0 Å². The summed E-state index contributed by atoms with van der Waals surface area (Å²) in [5.41, 5.74) is 1.22. The Morgan fingerprint density at radius 1 is 1.46 bits per heavy atom. The highest BCUT2D eigenvalue weighted by Crippen LogP contribution is 2.35. The minimum Gasteiger partial charge on any atom is -0.383 e. The molecule has 2 aliphatic rings. The first-order chi connectivity index (χ1) is 11.7. The monoisotopic (exact) mass is 332 g/mol. The molecular formula is C18H28N4O2. The molecule has 0 spiro atoms. The number of nitrogens with zero attached hydrogens (tertiary/aromatic N) is 2. The number of carbonyl (C=O) groups is 1. The smallest absolute Gasteiger partial charge is 0.315 e. The third-order valence-electron chi connectivity index (χ3n) is 5.18. The van der Waals surface area contributed by atoms with E-state index >= 15 is 0 Å². The third kappa shape index (κ3) is 4.24. The SMILES string of the molecule is COC[C@@H](NC(=O)NC[C@@H]1CCN(C)[C@H]1c1cccnc1)C1CC1. The zero-order chi connectivity index (χ0) is 16.9. The lowest BCUT2D eigenvalue weighted by Gasteiger charge is -2.26. The van der Waals surface area contributed by atoms with E-state index in [1.165, 1.54) is 18.4 Å². The van der Waals surface area contributed by atoms with Crippen LogP contribution in [0.4, 0.5) is 4.79 Å². The maximum Gasteiger partial charge on any atom is 0.315 e. The molecule has 1 saturated heterocycles. The van der Waals surface area contributed by atoms with E-state index in [0.717, 1.165) is 13.0 Å². The van der Waals surface area contributed by atoms with Crippen LogP contribution < -0.4 is 10.6 Å². The van der Waals surface area contributed by atoms with Gasteiger partial charge in [0.15, 0.2) is 0 Å². The van der Waals surface area contributed by atoms with Crippen LogP contribution in [0.3, 0.4) is 0 Å². The Hall–Kier alpha value is -1.66. The Bertz CT molecular complexity index is 535. The summed E-state index contributed by atoms with van der Waals surface area (Å²) in [6, 6.07) is 4.47. The van der Waals surface area contributed by atoms with Gasteiger partial charge in [0.2, 0.25) is 0 Å². The van der Waals surface area contributed by atoms with Gasteiger partial charge in [0.05, 0.1) is 12.6 Å². The molecule has 1 aliphatic heterocycles. The van der Waals surface area contributed by atoms with Crippen molar-refractivity contribution in [2.45, 2.75) is 31.3 Å². The van der Waals surface area contributed by atoms with Gasteiger partial charge in [0, 0.05) is 32.1 Å². The van der Waals surface area contributed by atoms with Crippen LogP contribution in [-0.4, -0.2) is 55.8 Å². The predicted molar refractivity (Wildman–Crippen MR) is 92.6 cm³/mol. The average molecular weight is 332 g/mol. The second-order valence-electron chi connectivity index (χ2n) is 7.01. The number of hydrogen-bond acceptors (Lipinski definition) is 4. The fraction of sp³-hybridized carbons (Fsp3) is 0.667. The molecule has 24 heavy (non-hydrogen) atoms. The van der Waals surface area contributed by atoms with Crippen molar-refractivity contribution in [1.82, 2.24) is 20.5 Å². The van der Waals surface area contributed by atoms with Crippen molar-refractivity contribution >= 4 is 6.03 Å². The predicted octanol–water partition coefficient (Wildman–Crippen LogP) is 1.80. The second-order valence-corrected chi connectivity index (χ2v) is 7.01. The summed E-state index contributed by atoms with van der Waals surface area (Å²) in [7, 11) is 3.82. The highest BCUT2D eigenvalue weighted by molar-refractivity contribution is 5.74. The number of likely N-dealkylation sites (tertiary alicyclic amines) is 1.